The van der Waals surface area contributed by atoms with Crippen LogP contribution in [0.25, 0.3) is 10.9 Å². The first-order valence-corrected chi connectivity index (χ1v) is 7.16. The molecule has 0 aliphatic carbocycles. The quantitative estimate of drug-likeness (QED) is 0.776. The molecule has 0 aliphatic rings. The van der Waals surface area contributed by atoms with Gasteiger partial charge in [0.25, 0.3) is 5.91 Å². The second-order valence-electron chi connectivity index (χ2n) is 5.04. The third kappa shape index (κ3) is 3.06. The summed E-state index contributed by atoms with van der Waals surface area (Å²) >= 11 is 0. The number of aromatic nitrogens is 1. The van der Waals surface area contributed by atoms with Crippen molar-refractivity contribution in [3.63, 3.8) is 0 Å². The van der Waals surface area contributed by atoms with Crippen molar-refractivity contribution >= 4 is 22.5 Å². The molecule has 0 saturated carbocycles. The second-order valence-corrected chi connectivity index (χ2v) is 5.04. The Kier molecular flexibility index (Phi) is 4.01. The average molecular weight is 291 g/mol. The summed E-state index contributed by atoms with van der Waals surface area (Å²) in [5.41, 5.74) is 3.62. The lowest BCUT2D eigenvalue weighted by atomic mass is 10.1. The summed E-state index contributed by atoms with van der Waals surface area (Å²) < 4.78 is 0. The highest BCUT2D eigenvalue weighted by Gasteiger charge is 2.06. The van der Waals surface area contributed by atoms with Crippen LogP contribution in [0, 0.1) is 0 Å². The molecular formula is C18H17N3O. The number of carbonyl (C=O) groups excluding carboxylic acids is 1. The predicted octanol–water partition coefficient (Wildman–Crippen LogP) is 3.21. The minimum Gasteiger partial charge on any atom is -0.388 e. The van der Waals surface area contributed by atoms with Crippen molar-refractivity contribution in [3.8, 4) is 0 Å². The summed E-state index contributed by atoms with van der Waals surface area (Å²) in [4.78, 5) is 16.5. The molecule has 1 amide bonds. The molecule has 0 saturated heterocycles. The fourth-order valence-electron chi connectivity index (χ4n) is 2.34. The molecule has 22 heavy (non-hydrogen) atoms. The molecule has 1 aromatic heterocycles. The van der Waals surface area contributed by atoms with Crippen LogP contribution in [-0.4, -0.2) is 17.9 Å². The standard InChI is InChI=1S/C18H17N3O/c1-19-16-6-2-4-13(10-16)12-21-18(22)15-7-8-17-14(11-15)5-3-9-20-17/h2-11,19H,12H2,1H3,(H,21,22). The fraction of sp³-hybridized carbons (Fsp3) is 0.111. The van der Waals surface area contributed by atoms with Crippen molar-refractivity contribution < 1.29 is 4.79 Å². The number of hydrogen-bond donors (Lipinski definition) is 2. The number of nitrogens with zero attached hydrogens (tertiary/aromatic N) is 1. The normalized spacial score (nSPS) is 10.4. The first kappa shape index (κ1) is 14.1. The fourth-order valence-corrected chi connectivity index (χ4v) is 2.34. The van der Waals surface area contributed by atoms with Gasteiger partial charge in [0.15, 0.2) is 0 Å². The highest BCUT2D eigenvalue weighted by Crippen LogP contribution is 2.14. The molecule has 0 aliphatic heterocycles. The highest BCUT2D eigenvalue weighted by atomic mass is 16.1. The van der Waals surface area contributed by atoms with Crippen LogP contribution in [0.5, 0.6) is 0 Å². The van der Waals surface area contributed by atoms with Crippen LogP contribution in [0.3, 0.4) is 0 Å². The van der Waals surface area contributed by atoms with E-state index in [1.54, 1.807) is 12.3 Å². The van der Waals surface area contributed by atoms with E-state index in [9.17, 15) is 4.79 Å². The first-order chi connectivity index (χ1) is 10.8. The van der Waals surface area contributed by atoms with Gasteiger partial charge in [-0.05, 0) is 42.0 Å². The van der Waals surface area contributed by atoms with E-state index in [-0.39, 0.29) is 5.91 Å². The SMILES string of the molecule is CNc1cccc(CNC(=O)c2ccc3ncccc3c2)c1. The van der Waals surface area contributed by atoms with Crippen LogP contribution in [0.4, 0.5) is 5.69 Å². The molecule has 0 bridgehead atoms. The topological polar surface area (TPSA) is 54.0 Å². The average Bonchev–Trinajstić information content (AvgIpc) is 2.59. The van der Waals surface area contributed by atoms with Gasteiger partial charge in [-0.3, -0.25) is 9.78 Å². The van der Waals surface area contributed by atoms with Gasteiger partial charge < -0.3 is 10.6 Å². The zero-order valence-electron chi connectivity index (χ0n) is 12.3. The maximum Gasteiger partial charge on any atom is 0.251 e. The number of nitrogens with one attached hydrogen (secondary N) is 2. The number of hydrogen-bond acceptors (Lipinski definition) is 3. The molecule has 2 aromatic carbocycles. The summed E-state index contributed by atoms with van der Waals surface area (Å²) in [6, 6.07) is 17.3. The molecule has 0 spiro atoms. The van der Waals surface area contributed by atoms with Crippen molar-refractivity contribution in [1.82, 2.24) is 10.3 Å². The van der Waals surface area contributed by atoms with Gasteiger partial charge in [0.2, 0.25) is 0 Å². The highest BCUT2D eigenvalue weighted by molar-refractivity contribution is 5.97. The third-order valence-electron chi connectivity index (χ3n) is 3.53. The predicted molar refractivity (Wildman–Crippen MR) is 88.9 cm³/mol. The number of rotatable bonds is 4. The van der Waals surface area contributed by atoms with Gasteiger partial charge in [0.05, 0.1) is 5.52 Å². The Balaban J connectivity index is 1.72. The summed E-state index contributed by atoms with van der Waals surface area (Å²) in [6.07, 6.45) is 1.75. The van der Waals surface area contributed by atoms with E-state index in [1.165, 1.54) is 0 Å². The second kappa shape index (κ2) is 6.26. The number of benzene rings is 2. The lowest BCUT2D eigenvalue weighted by molar-refractivity contribution is 0.0951. The van der Waals surface area contributed by atoms with Crippen molar-refractivity contribution in [2.24, 2.45) is 0 Å². The molecular weight excluding hydrogens is 274 g/mol. The Morgan fingerprint density at radius 3 is 2.86 bits per heavy atom. The summed E-state index contributed by atoms with van der Waals surface area (Å²) in [7, 11) is 1.88. The molecule has 4 nitrogen and oxygen atoms in total. The van der Waals surface area contributed by atoms with E-state index in [2.05, 4.69) is 15.6 Å². The lowest BCUT2D eigenvalue weighted by Crippen LogP contribution is -2.22. The van der Waals surface area contributed by atoms with Crippen LogP contribution in [0.1, 0.15) is 15.9 Å². The molecule has 0 radical (unpaired) electrons. The molecule has 2 N–H and O–H groups in total. The summed E-state index contributed by atoms with van der Waals surface area (Å²) in [6.45, 7) is 0.499. The van der Waals surface area contributed by atoms with E-state index in [0.717, 1.165) is 22.2 Å². The molecule has 3 aromatic rings. The molecule has 0 unspecified atom stereocenters. The van der Waals surface area contributed by atoms with Crippen LogP contribution in [-0.2, 0) is 6.54 Å². The van der Waals surface area contributed by atoms with Crippen LogP contribution in [0.15, 0.2) is 60.8 Å². The number of carbonyl (C=O) groups is 1. The Morgan fingerprint density at radius 1 is 1.09 bits per heavy atom. The van der Waals surface area contributed by atoms with Gasteiger partial charge in [-0.2, -0.15) is 0 Å². The maximum atomic E-state index is 12.3. The largest absolute Gasteiger partial charge is 0.388 e. The Morgan fingerprint density at radius 2 is 2.00 bits per heavy atom. The van der Waals surface area contributed by atoms with Gasteiger partial charge in [0.1, 0.15) is 0 Å². The molecule has 110 valence electrons. The smallest absolute Gasteiger partial charge is 0.251 e. The van der Waals surface area contributed by atoms with Crippen molar-refractivity contribution in [2.75, 3.05) is 12.4 Å². The zero-order valence-corrected chi connectivity index (χ0v) is 12.3. The summed E-state index contributed by atoms with van der Waals surface area (Å²) in [5, 5.41) is 7.00. The van der Waals surface area contributed by atoms with Gasteiger partial charge in [0, 0.05) is 36.4 Å². The van der Waals surface area contributed by atoms with Gasteiger partial charge in [-0.15, -0.1) is 0 Å². The van der Waals surface area contributed by atoms with E-state index in [4.69, 9.17) is 0 Å². The van der Waals surface area contributed by atoms with Crippen LogP contribution < -0.4 is 10.6 Å². The van der Waals surface area contributed by atoms with E-state index < -0.39 is 0 Å². The maximum absolute atomic E-state index is 12.3. The molecule has 0 fully saturated rings. The third-order valence-corrected chi connectivity index (χ3v) is 3.53. The molecule has 0 atom stereocenters. The van der Waals surface area contributed by atoms with Crippen molar-refractivity contribution in [1.29, 1.82) is 0 Å². The number of anilines is 1. The molecule has 1 heterocycles. The van der Waals surface area contributed by atoms with E-state index in [1.807, 2.05) is 55.6 Å². The van der Waals surface area contributed by atoms with Crippen LogP contribution >= 0.6 is 0 Å². The van der Waals surface area contributed by atoms with Crippen molar-refractivity contribution in [2.45, 2.75) is 6.54 Å². The van der Waals surface area contributed by atoms with Crippen LogP contribution in [0.2, 0.25) is 0 Å². The summed E-state index contributed by atoms with van der Waals surface area (Å²) in [5.74, 6) is -0.0828. The van der Waals surface area contributed by atoms with E-state index in [0.29, 0.717) is 12.1 Å². The van der Waals surface area contributed by atoms with E-state index >= 15 is 0 Å². The minimum absolute atomic E-state index is 0.0828. The number of amides is 1. The number of pyridine rings is 1. The Bertz CT molecular complexity index is 814. The molecule has 4 heteroatoms. The zero-order chi connectivity index (χ0) is 15.4. The lowest BCUT2D eigenvalue weighted by Gasteiger charge is -2.08. The molecule has 3 rings (SSSR count). The van der Waals surface area contributed by atoms with Gasteiger partial charge in [-0.25, -0.2) is 0 Å². The monoisotopic (exact) mass is 291 g/mol. The Labute approximate surface area is 129 Å². The Hall–Kier alpha value is -2.88. The van der Waals surface area contributed by atoms with Gasteiger partial charge >= 0.3 is 0 Å². The number of fused-ring (bicyclic) bond motifs is 1. The minimum atomic E-state index is -0.0828. The van der Waals surface area contributed by atoms with Crippen molar-refractivity contribution in [3.05, 3.63) is 71.9 Å². The first-order valence-electron chi connectivity index (χ1n) is 7.16. The van der Waals surface area contributed by atoms with Gasteiger partial charge in [-0.1, -0.05) is 18.2 Å².